The second-order valence-electron chi connectivity index (χ2n) is 7.50. The maximum Gasteiger partial charge on any atom is 0.272 e. The number of benzene rings is 2. The van der Waals surface area contributed by atoms with Crippen molar-refractivity contribution in [3.8, 4) is 0 Å². The van der Waals surface area contributed by atoms with E-state index in [1.807, 2.05) is 6.07 Å². The smallest absolute Gasteiger partial charge is 0.272 e. The van der Waals surface area contributed by atoms with E-state index in [4.69, 9.17) is 0 Å². The predicted octanol–water partition coefficient (Wildman–Crippen LogP) is 4.74. The number of fused-ring (bicyclic) bond motifs is 2. The highest BCUT2D eigenvalue weighted by Crippen LogP contribution is 2.32. The first kappa shape index (κ1) is 20.8. The van der Waals surface area contributed by atoms with Crippen molar-refractivity contribution in [1.29, 1.82) is 0 Å². The fourth-order valence-corrected chi connectivity index (χ4v) is 3.70. The monoisotopic (exact) mass is 427 g/mol. The van der Waals surface area contributed by atoms with E-state index in [0.717, 1.165) is 11.5 Å². The maximum atomic E-state index is 14.6. The second kappa shape index (κ2) is 7.64. The molecule has 0 aliphatic rings. The predicted molar refractivity (Wildman–Crippen MR) is 113 cm³/mol. The van der Waals surface area contributed by atoms with Gasteiger partial charge in [-0.15, -0.1) is 5.10 Å². The van der Waals surface area contributed by atoms with Gasteiger partial charge in [0.1, 0.15) is 11.5 Å². The topological polar surface area (TPSA) is 72.7 Å². The Balaban J connectivity index is 1.86. The molecule has 0 aliphatic carbocycles. The molecule has 160 valence electrons. The molecule has 0 spiro atoms. The minimum absolute atomic E-state index is 0.0961. The summed E-state index contributed by atoms with van der Waals surface area (Å²) >= 11 is 0. The number of nitrogens with zero attached hydrogens (tertiary/aromatic N) is 4. The van der Waals surface area contributed by atoms with E-state index in [1.54, 1.807) is 33.9 Å². The Morgan fingerprint density at radius 2 is 1.74 bits per heavy atom. The van der Waals surface area contributed by atoms with Gasteiger partial charge in [0.2, 0.25) is 0 Å². The lowest BCUT2D eigenvalue weighted by molar-refractivity contribution is 0.146. The van der Waals surface area contributed by atoms with Gasteiger partial charge < -0.3 is 9.88 Å². The summed E-state index contributed by atoms with van der Waals surface area (Å²) in [6.07, 6.45) is -2.91. The van der Waals surface area contributed by atoms with Gasteiger partial charge in [-0.25, -0.2) is 18.2 Å². The molecule has 0 bridgehead atoms. The quantitative estimate of drug-likeness (QED) is 0.476. The van der Waals surface area contributed by atoms with Crippen molar-refractivity contribution >= 4 is 27.6 Å². The number of hydrogen-bond donors (Lipinski definition) is 1. The fourth-order valence-electron chi connectivity index (χ4n) is 3.70. The normalized spacial score (nSPS) is 12.6. The van der Waals surface area contributed by atoms with E-state index in [1.165, 1.54) is 16.7 Å². The lowest BCUT2D eigenvalue weighted by Gasteiger charge is -2.19. The van der Waals surface area contributed by atoms with Crippen LogP contribution in [0.15, 0.2) is 35.1 Å². The van der Waals surface area contributed by atoms with Gasteiger partial charge in [-0.05, 0) is 32.9 Å². The standard InChI is InChI=1S/C22H20F3N5O/c1-10(13-6-5-7-14(19(13)23)20(24)25)27-21-16-9-18-17(8-15(16)11(2)28-29-21)26-12(3)22(31)30(18)4/h5-10,20H,1-4H3,(H,27,29)/t10-/m1/s1. The van der Waals surface area contributed by atoms with E-state index in [-0.39, 0.29) is 11.1 Å². The van der Waals surface area contributed by atoms with Crippen molar-refractivity contribution in [1.82, 2.24) is 19.7 Å². The molecule has 0 saturated heterocycles. The number of alkyl halides is 2. The molecule has 0 fully saturated rings. The average Bonchev–Trinajstić information content (AvgIpc) is 2.73. The Bertz CT molecular complexity index is 1380. The fraction of sp³-hybridized carbons (Fsp3) is 0.273. The minimum atomic E-state index is -2.91. The zero-order chi connectivity index (χ0) is 22.4. The number of aromatic nitrogens is 4. The van der Waals surface area contributed by atoms with Crippen molar-refractivity contribution in [3.05, 3.63) is 69.0 Å². The summed E-state index contributed by atoms with van der Waals surface area (Å²) in [4.78, 5) is 16.7. The minimum Gasteiger partial charge on any atom is -0.361 e. The van der Waals surface area contributed by atoms with E-state index < -0.39 is 23.8 Å². The van der Waals surface area contributed by atoms with Crippen molar-refractivity contribution in [2.75, 3.05) is 5.32 Å². The molecule has 4 aromatic rings. The molecule has 4 rings (SSSR count). The van der Waals surface area contributed by atoms with Crippen LogP contribution in [0.2, 0.25) is 0 Å². The molecule has 0 unspecified atom stereocenters. The zero-order valence-electron chi connectivity index (χ0n) is 17.4. The Kier molecular flexibility index (Phi) is 5.12. The molecule has 9 heteroatoms. The maximum absolute atomic E-state index is 14.6. The Morgan fingerprint density at radius 1 is 1.03 bits per heavy atom. The van der Waals surface area contributed by atoms with Crippen LogP contribution in [0.25, 0.3) is 21.8 Å². The highest BCUT2D eigenvalue weighted by atomic mass is 19.3. The Labute approximate surface area is 175 Å². The largest absolute Gasteiger partial charge is 0.361 e. The van der Waals surface area contributed by atoms with Crippen LogP contribution in [0.1, 0.15) is 41.9 Å². The lowest BCUT2D eigenvalue weighted by atomic mass is 10.0. The van der Waals surface area contributed by atoms with Gasteiger partial charge in [0.05, 0.1) is 28.3 Å². The summed E-state index contributed by atoms with van der Waals surface area (Å²) in [6.45, 7) is 5.11. The van der Waals surface area contributed by atoms with Gasteiger partial charge in [-0.3, -0.25) is 4.79 Å². The summed E-state index contributed by atoms with van der Waals surface area (Å²) in [7, 11) is 1.66. The van der Waals surface area contributed by atoms with E-state index in [2.05, 4.69) is 20.5 Å². The molecule has 0 aliphatic heterocycles. The second-order valence-corrected chi connectivity index (χ2v) is 7.50. The number of nitrogens with one attached hydrogen (secondary N) is 1. The van der Waals surface area contributed by atoms with Gasteiger partial charge in [0, 0.05) is 23.4 Å². The molecule has 6 nitrogen and oxygen atoms in total. The molecule has 31 heavy (non-hydrogen) atoms. The van der Waals surface area contributed by atoms with Crippen LogP contribution >= 0.6 is 0 Å². The third-order valence-electron chi connectivity index (χ3n) is 5.44. The van der Waals surface area contributed by atoms with E-state index in [0.29, 0.717) is 33.6 Å². The summed E-state index contributed by atoms with van der Waals surface area (Å²) in [5.41, 5.74) is 1.53. The molecule has 0 radical (unpaired) electrons. The van der Waals surface area contributed by atoms with Gasteiger partial charge in [0.25, 0.3) is 12.0 Å². The van der Waals surface area contributed by atoms with E-state index in [9.17, 15) is 18.0 Å². The van der Waals surface area contributed by atoms with Gasteiger partial charge in [-0.1, -0.05) is 18.2 Å². The highest BCUT2D eigenvalue weighted by Gasteiger charge is 2.21. The first-order valence-corrected chi connectivity index (χ1v) is 9.66. The molecule has 2 aromatic heterocycles. The van der Waals surface area contributed by atoms with Crippen molar-refractivity contribution in [2.24, 2.45) is 7.05 Å². The summed E-state index contributed by atoms with van der Waals surface area (Å²) in [5.74, 6) is -0.598. The number of hydrogen-bond acceptors (Lipinski definition) is 5. The van der Waals surface area contributed by atoms with Crippen LogP contribution in [0, 0.1) is 19.7 Å². The van der Waals surface area contributed by atoms with Gasteiger partial charge in [-0.2, -0.15) is 5.10 Å². The third kappa shape index (κ3) is 3.49. The molecule has 0 saturated carbocycles. The van der Waals surface area contributed by atoms with Crippen LogP contribution < -0.4 is 10.9 Å². The zero-order valence-corrected chi connectivity index (χ0v) is 17.4. The van der Waals surface area contributed by atoms with Gasteiger partial charge >= 0.3 is 0 Å². The first-order valence-electron chi connectivity index (χ1n) is 9.66. The van der Waals surface area contributed by atoms with Crippen LogP contribution in [0.5, 0.6) is 0 Å². The summed E-state index contributed by atoms with van der Waals surface area (Å²) < 4.78 is 42.3. The molecular weight excluding hydrogens is 407 g/mol. The van der Waals surface area contributed by atoms with Crippen molar-refractivity contribution in [3.63, 3.8) is 0 Å². The first-order chi connectivity index (χ1) is 14.7. The Morgan fingerprint density at radius 3 is 2.45 bits per heavy atom. The molecule has 0 amide bonds. The molecule has 1 N–H and O–H groups in total. The van der Waals surface area contributed by atoms with Crippen molar-refractivity contribution in [2.45, 2.75) is 33.2 Å². The average molecular weight is 427 g/mol. The Hall–Kier alpha value is -3.49. The molecule has 1 atom stereocenters. The SMILES string of the molecule is Cc1nc2cc3c(C)nnc(N[C@H](C)c4cccc(C(F)F)c4F)c3cc2n(C)c1=O. The van der Waals surface area contributed by atoms with Crippen LogP contribution in [-0.4, -0.2) is 19.7 Å². The van der Waals surface area contributed by atoms with Crippen molar-refractivity contribution < 1.29 is 13.2 Å². The number of rotatable bonds is 4. The van der Waals surface area contributed by atoms with Crippen LogP contribution in [0.4, 0.5) is 19.0 Å². The van der Waals surface area contributed by atoms with E-state index >= 15 is 0 Å². The summed E-state index contributed by atoms with van der Waals surface area (Å²) in [5, 5.41) is 12.9. The van der Waals surface area contributed by atoms with Gasteiger partial charge in [0.15, 0.2) is 5.82 Å². The van der Waals surface area contributed by atoms with Crippen LogP contribution in [-0.2, 0) is 7.05 Å². The van der Waals surface area contributed by atoms with Crippen LogP contribution in [0.3, 0.4) is 0 Å². The molecular formula is C22H20F3N5O. The number of aryl methyl sites for hydroxylation is 3. The number of anilines is 1. The summed E-state index contributed by atoms with van der Waals surface area (Å²) in [6, 6.07) is 6.87. The lowest BCUT2D eigenvalue weighted by Crippen LogP contribution is -2.21. The molecule has 2 heterocycles. The molecule has 2 aromatic carbocycles. The number of halogens is 3. The highest BCUT2D eigenvalue weighted by molar-refractivity contribution is 6.01. The third-order valence-corrected chi connectivity index (χ3v) is 5.44.